The van der Waals surface area contributed by atoms with Gasteiger partial charge < -0.3 is 5.73 Å². The molecule has 1 atom stereocenters. The van der Waals surface area contributed by atoms with Gasteiger partial charge in [0.2, 0.25) is 0 Å². The van der Waals surface area contributed by atoms with E-state index in [1.54, 1.807) is 6.07 Å². The van der Waals surface area contributed by atoms with E-state index in [2.05, 4.69) is 5.10 Å². The molecule has 1 unspecified atom stereocenters. The third kappa shape index (κ3) is 2.91. The lowest BCUT2D eigenvalue weighted by Crippen LogP contribution is -2.13. The summed E-state index contributed by atoms with van der Waals surface area (Å²) in [6.45, 7) is 2.87. The van der Waals surface area contributed by atoms with Crippen LogP contribution in [0.5, 0.6) is 0 Å². The highest BCUT2D eigenvalue weighted by Gasteiger charge is 2.09. The number of hydrogen-bond acceptors (Lipinski definition) is 2. The minimum atomic E-state index is -0.248. The van der Waals surface area contributed by atoms with Gasteiger partial charge in [-0.2, -0.15) is 5.10 Å². The van der Waals surface area contributed by atoms with E-state index in [-0.39, 0.29) is 11.9 Å². The van der Waals surface area contributed by atoms with Crippen molar-refractivity contribution in [3.8, 4) is 0 Å². The van der Waals surface area contributed by atoms with Crippen LogP contribution in [0.15, 0.2) is 36.7 Å². The summed E-state index contributed by atoms with van der Waals surface area (Å²) in [5.41, 5.74) is 7.93. The van der Waals surface area contributed by atoms with Gasteiger partial charge >= 0.3 is 0 Å². The molecule has 0 saturated heterocycles. The molecule has 2 rings (SSSR count). The molecule has 2 aromatic rings. The number of halogens is 1. The average molecular weight is 233 g/mol. The van der Waals surface area contributed by atoms with Crippen molar-refractivity contribution in [1.29, 1.82) is 0 Å². The van der Waals surface area contributed by atoms with E-state index >= 15 is 0 Å². The molecule has 2 N–H and O–H groups in total. The Bertz CT molecular complexity index is 493. The van der Waals surface area contributed by atoms with Gasteiger partial charge in [-0.05, 0) is 36.6 Å². The maximum atomic E-state index is 13.1. The van der Waals surface area contributed by atoms with E-state index in [1.807, 2.05) is 30.1 Å². The molecule has 0 radical (unpaired) electrons. The van der Waals surface area contributed by atoms with Crippen LogP contribution in [0.2, 0.25) is 0 Å². The first-order chi connectivity index (χ1) is 8.19. The first-order valence-corrected chi connectivity index (χ1v) is 5.71. The van der Waals surface area contributed by atoms with Crippen LogP contribution in [0, 0.1) is 5.82 Å². The Morgan fingerprint density at radius 2 is 2.29 bits per heavy atom. The van der Waals surface area contributed by atoms with Gasteiger partial charge in [-0.3, -0.25) is 4.68 Å². The zero-order valence-corrected chi connectivity index (χ0v) is 9.81. The van der Waals surface area contributed by atoms with Gasteiger partial charge in [-0.25, -0.2) is 4.39 Å². The number of aryl methyl sites for hydroxylation is 1. The SMILES string of the molecule is CCn1cc(CC(N)c2cccc(F)c2)cn1. The Balaban J connectivity index is 2.08. The van der Waals surface area contributed by atoms with Crippen LogP contribution < -0.4 is 5.73 Å². The van der Waals surface area contributed by atoms with Crippen LogP contribution in [-0.2, 0) is 13.0 Å². The molecule has 0 amide bonds. The van der Waals surface area contributed by atoms with E-state index in [0.717, 1.165) is 17.7 Å². The van der Waals surface area contributed by atoms with Crippen molar-refractivity contribution < 1.29 is 4.39 Å². The minimum Gasteiger partial charge on any atom is -0.324 e. The molecular formula is C13H16FN3. The highest BCUT2D eigenvalue weighted by molar-refractivity contribution is 5.22. The van der Waals surface area contributed by atoms with Crippen LogP contribution in [-0.4, -0.2) is 9.78 Å². The molecule has 90 valence electrons. The van der Waals surface area contributed by atoms with Gasteiger partial charge in [0, 0.05) is 18.8 Å². The van der Waals surface area contributed by atoms with E-state index in [1.165, 1.54) is 12.1 Å². The number of aromatic nitrogens is 2. The van der Waals surface area contributed by atoms with Gasteiger partial charge in [-0.15, -0.1) is 0 Å². The van der Waals surface area contributed by atoms with Gasteiger partial charge in [0.05, 0.1) is 6.20 Å². The first-order valence-electron chi connectivity index (χ1n) is 5.71. The Kier molecular flexibility index (Phi) is 3.54. The lowest BCUT2D eigenvalue weighted by molar-refractivity contribution is 0.618. The molecule has 0 bridgehead atoms. The quantitative estimate of drug-likeness (QED) is 0.880. The Labute approximate surface area is 100 Å². The Morgan fingerprint density at radius 3 is 2.94 bits per heavy atom. The summed E-state index contributed by atoms with van der Waals surface area (Å²) in [7, 11) is 0. The summed E-state index contributed by atoms with van der Waals surface area (Å²) in [6.07, 6.45) is 4.45. The van der Waals surface area contributed by atoms with Crippen molar-refractivity contribution in [2.45, 2.75) is 25.9 Å². The number of nitrogens with two attached hydrogens (primary N) is 1. The van der Waals surface area contributed by atoms with Crippen LogP contribution in [0.3, 0.4) is 0 Å². The second-order valence-corrected chi connectivity index (χ2v) is 4.07. The summed E-state index contributed by atoms with van der Waals surface area (Å²) in [4.78, 5) is 0. The molecule has 1 heterocycles. The second-order valence-electron chi connectivity index (χ2n) is 4.07. The molecule has 17 heavy (non-hydrogen) atoms. The molecule has 4 heteroatoms. The second kappa shape index (κ2) is 5.10. The van der Waals surface area contributed by atoms with Crippen LogP contribution in [0.4, 0.5) is 4.39 Å². The molecule has 0 saturated carbocycles. The third-order valence-corrected chi connectivity index (χ3v) is 2.74. The number of rotatable bonds is 4. The zero-order valence-electron chi connectivity index (χ0n) is 9.81. The summed E-state index contributed by atoms with van der Waals surface area (Å²) in [6, 6.07) is 6.23. The Hall–Kier alpha value is -1.68. The van der Waals surface area contributed by atoms with E-state index < -0.39 is 0 Å². The molecule has 1 aromatic heterocycles. The molecule has 0 aliphatic heterocycles. The van der Waals surface area contributed by atoms with Gasteiger partial charge in [0.1, 0.15) is 5.82 Å². The molecular weight excluding hydrogens is 217 g/mol. The van der Waals surface area contributed by atoms with Gasteiger partial charge in [0.15, 0.2) is 0 Å². The zero-order chi connectivity index (χ0) is 12.3. The van der Waals surface area contributed by atoms with Crippen LogP contribution in [0.25, 0.3) is 0 Å². The monoisotopic (exact) mass is 233 g/mol. The smallest absolute Gasteiger partial charge is 0.123 e. The van der Waals surface area contributed by atoms with Crippen LogP contribution in [0.1, 0.15) is 24.1 Å². The van der Waals surface area contributed by atoms with E-state index in [0.29, 0.717) is 6.42 Å². The van der Waals surface area contributed by atoms with Gasteiger partial charge in [-0.1, -0.05) is 12.1 Å². The third-order valence-electron chi connectivity index (χ3n) is 2.74. The van der Waals surface area contributed by atoms with Crippen molar-refractivity contribution in [3.63, 3.8) is 0 Å². The topological polar surface area (TPSA) is 43.8 Å². The lowest BCUT2D eigenvalue weighted by Gasteiger charge is -2.10. The highest BCUT2D eigenvalue weighted by Crippen LogP contribution is 2.16. The van der Waals surface area contributed by atoms with E-state index in [4.69, 9.17) is 5.73 Å². The Morgan fingerprint density at radius 1 is 1.47 bits per heavy atom. The van der Waals surface area contributed by atoms with Crippen molar-refractivity contribution in [1.82, 2.24) is 9.78 Å². The average Bonchev–Trinajstić information content (AvgIpc) is 2.77. The molecule has 0 spiro atoms. The molecule has 3 nitrogen and oxygen atoms in total. The maximum absolute atomic E-state index is 13.1. The molecule has 0 aliphatic rings. The largest absolute Gasteiger partial charge is 0.324 e. The first kappa shape index (κ1) is 11.8. The maximum Gasteiger partial charge on any atom is 0.123 e. The summed E-state index contributed by atoms with van der Waals surface area (Å²) in [5, 5.41) is 4.19. The minimum absolute atomic E-state index is 0.194. The lowest BCUT2D eigenvalue weighted by atomic mass is 10.0. The summed E-state index contributed by atoms with van der Waals surface area (Å²) in [5.74, 6) is -0.248. The fourth-order valence-corrected chi connectivity index (χ4v) is 1.79. The van der Waals surface area contributed by atoms with Crippen LogP contribution >= 0.6 is 0 Å². The molecule has 0 fully saturated rings. The highest BCUT2D eigenvalue weighted by atomic mass is 19.1. The van der Waals surface area contributed by atoms with Crippen molar-refractivity contribution in [2.75, 3.05) is 0 Å². The summed E-state index contributed by atoms with van der Waals surface area (Å²) < 4.78 is 14.9. The predicted molar refractivity (Wildman–Crippen MR) is 64.9 cm³/mol. The standard InChI is InChI=1S/C13H16FN3/c1-2-17-9-10(8-16-17)6-13(15)11-4-3-5-12(14)7-11/h3-5,7-9,13H,2,6,15H2,1H3. The molecule has 1 aromatic carbocycles. The van der Waals surface area contributed by atoms with E-state index in [9.17, 15) is 4.39 Å². The fraction of sp³-hybridized carbons (Fsp3) is 0.308. The number of benzene rings is 1. The van der Waals surface area contributed by atoms with Gasteiger partial charge in [0.25, 0.3) is 0 Å². The number of hydrogen-bond donors (Lipinski definition) is 1. The summed E-state index contributed by atoms with van der Waals surface area (Å²) >= 11 is 0. The number of nitrogens with zero attached hydrogens (tertiary/aromatic N) is 2. The van der Waals surface area contributed by atoms with Crippen molar-refractivity contribution in [2.24, 2.45) is 5.73 Å². The molecule has 0 aliphatic carbocycles. The fourth-order valence-electron chi connectivity index (χ4n) is 1.79. The normalized spacial score (nSPS) is 12.6. The van der Waals surface area contributed by atoms with Crippen molar-refractivity contribution in [3.05, 3.63) is 53.6 Å². The predicted octanol–water partition coefficient (Wildman–Crippen LogP) is 2.28. The van der Waals surface area contributed by atoms with Crippen molar-refractivity contribution >= 4 is 0 Å².